The Bertz CT molecular complexity index is 641. The summed E-state index contributed by atoms with van der Waals surface area (Å²) in [6, 6.07) is 12.7. The molecule has 1 amide bonds. The maximum Gasteiger partial charge on any atom is 0.230 e. The number of carbonyl (C=O) groups is 1. The Morgan fingerprint density at radius 3 is 3.00 bits per heavy atom. The highest BCUT2D eigenvalue weighted by molar-refractivity contribution is 8.00. The lowest BCUT2D eigenvalue weighted by Crippen LogP contribution is -2.44. The Hall–Kier alpha value is -1.30. The monoisotopic (exact) mass is 346 g/mol. The van der Waals surface area contributed by atoms with Gasteiger partial charge in [0.05, 0.1) is 5.75 Å². The van der Waals surface area contributed by atoms with Gasteiger partial charge in [0.15, 0.2) is 0 Å². The van der Waals surface area contributed by atoms with E-state index in [4.69, 9.17) is 0 Å². The number of fused-ring (bicyclic) bond motifs is 1. The molecule has 3 rings (SSSR count). The summed E-state index contributed by atoms with van der Waals surface area (Å²) in [6.45, 7) is 5.01. The predicted molar refractivity (Wildman–Crippen MR) is 98.1 cm³/mol. The second-order valence-corrected chi connectivity index (χ2v) is 7.89. The minimum absolute atomic E-state index is 0.110. The van der Waals surface area contributed by atoms with Gasteiger partial charge in [-0.05, 0) is 42.5 Å². The molecule has 1 aliphatic heterocycles. The lowest BCUT2D eigenvalue weighted by molar-refractivity contribution is -0.118. The van der Waals surface area contributed by atoms with Crippen molar-refractivity contribution in [2.45, 2.75) is 30.8 Å². The number of carbonyl (C=O) groups excluding carboxylic acids is 1. The number of hydrogen-bond donors (Lipinski definition) is 1. The van der Waals surface area contributed by atoms with Gasteiger partial charge in [0.25, 0.3) is 0 Å². The van der Waals surface area contributed by atoms with Gasteiger partial charge in [0, 0.05) is 35.4 Å². The lowest BCUT2D eigenvalue weighted by Gasteiger charge is -2.32. The molecular weight excluding hydrogens is 324 g/mol. The van der Waals surface area contributed by atoms with Crippen LogP contribution in [0.25, 0.3) is 0 Å². The first kappa shape index (κ1) is 16.6. The van der Waals surface area contributed by atoms with Crippen LogP contribution in [0.1, 0.15) is 17.4 Å². The molecule has 122 valence electrons. The first-order valence-electron chi connectivity index (χ1n) is 7.96. The maximum absolute atomic E-state index is 12.0. The van der Waals surface area contributed by atoms with Crippen LogP contribution in [0, 0.1) is 0 Å². The highest BCUT2D eigenvalue weighted by Gasteiger charge is 2.21. The van der Waals surface area contributed by atoms with Crippen LogP contribution in [0.3, 0.4) is 0 Å². The van der Waals surface area contributed by atoms with Gasteiger partial charge >= 0.3 is 0 Å². The molecule has 0 unspecified atom stereocenters. The SMILES string of the molecule is C[C@@H](CNC(=O)CSc1ccccc1)N1CCc2sccc2C1. The normalized spacial score (nSPS) is 15.9. The molecule has 2 heterocycles. The minimum Gasteiger partial charge on any atom is -0.354 e. The van der Waals surface area contributed by atoms with Crippen LogP contribution in [0.4, 0.5) is 0 Å². The van der Waals surface area contributed by atoms with Crippen molar-refractivity contribution in [1.29, 1.82) is 0 Å². The second-order valence-electron chi connectivity index (χ2n) is 5.84. The third-order valence-corrected chi connectivity index (χ3v) is 6.20. The van der Waals surface area contributed by atoms with E-state index in [1.54, 1.807) is 11.8 Å². The molecule has 5 heteroatoms. The largest absolute Gasteiger partial charge is 0.354 e. The molecule has 3 nitrogen and oxygen atoms in total. The molecule has 1 N–H and O–H groups in total. The highest BCUT2D eigenvalue weighted by Crippen LogP contribution is 2.25. The number of nitrogens with one attached hydrogen (secondary N) is 1. The van der Waals surface area contributed by atoms with Crippen LogP contribution < -0.4 is 5.32 Å². The molecule has 1 atom stereocenters. The summed E-state index contributed by atoms with van der Waals surface area (Å²) in [7, 11) is 0. The fraction of sp³-hybridized carbons (Fsp3) is 0.389. The van der Waals surface area contributed by atoms with E-state index >= 15 is 0 Å². The summed E-state index contributed by atoms with van der Waals surface area (Å²) in [6.07, 6.45) is 1.13. The van der Waals surface area contributed by atoms with E-state index in [2.05, 4.69) is 28.6 Å². The van der Waals surface area contributed by atoms with Crippen molar-refractivity contribution < 1.29 is 4.79 Å². The Balaban J connectivity index is 1.40. The van der Waals surface area contributed by atoms with Crippen molar-refractivity contribution in [3.63, 3.8) is 0 Å². The van der Waals surface area contributed by atoms with E-state index < -0.39 is 0 Å². The summed E-state index contributed by atoms with van der Waals surface area (Å²) in [5.41, 5.74) is 1.46. The van der Waals surface area contributed by atoms with Crippen LogP contribution in [0.2, 0.25) is 0 Å². The highest BCUT2D eigenvalue weighted by atomic mass is 32.2. The number of hydrogen-bond acceptors (Lipinski definition) is 4. The fourth-order valence-corrected chi connectivity index (χ4v) is 4.39. The Morgan fingerprint density at radius 1 is 1.35 bits per heavy atom. The van der Waals surface area contributed by atoms with Crippen LogP contribution >= 0.6 is 23.1 Å². The van der Waals surface area contributed by atoms with Crippen LogP contribution in [-0.4, -0.2) is 35.7 Å². The van der Waals surface area contributed by atoms with Gasteiger partial charge in [-0.25, -0.2) is 0 Å². The Kier molecular flexibility index (Phi) is 5.75. The summed E-state index contributed by atoms with van der Waals surface area (Å²) < 4.78 is 0. The van der Waals surface area contributed by atoms with Crippen molar-refractivity contribution in [3.8, 4) is 0 Å². The topological polar surface area (TPSA) is 32.3 Å². The molecule has 1 aromatic carbocycles. The van der Waals surface area contributed by atoms with Gasteiger partial charge in [-0.3, -0.25) is 9.69 Å². The zero-order valence-corrected chi connectivity index (χ0v) is 15.0. The van der Waals surface area contributed by atoms with Gasteiger partial charge in [0.2, 0.25) is 5.91 Å². The molecule has 0 saturated heterocycles. The molecule has 0 saturated carbocycles. The van der Waals surface area contributed by atoms with Gasteiger partial charge < -0.3 is 5.32 Å². The maximum atomic E-state index is 12.0. The zero-order valence-electron chi connectivity index (χ0n) is 13.3. The van der Waals surface area contributed by atoms with Crippen molar-refractivity contribution in [2.24, 2.45) is 0 Å². The quantitative estimate of drug-likeness (QED) is 0.814. The van der Waals surface area contributed by atoms with E-state index in [-0.39, 0.29) is 5.91 Å². The fourth-order valence-electron chi connectivity index (χ4n) is 2.75. The van der Waals surface area contributed by atoms with Gasteiger partial charge in [-0.15, -0.1) is 23.1 Å². The van der Waals surface area contributed by atoms with Crippen LogP contribution in [0.15, 0.2) is 46.7 Å². The van der Waals surface area contributed by atoms with Gasteiger partial charge in [-0.1, -0.05) is 18.2 Å². The summed E-state index contributed by atoms with van der Waals surface area (Å²) in [4.78, 5) is 17.1. The third kappa shape index (κ3) is 4.59. The van der Waals surface area contributed by atoms with E-state index in [0.29, 0.717) is 18.3 Å². The number of nitrogens with zero attached hydrogens (tertiary/aromatic N) is 1. The Morgan fingerprint density at radius 2 is 2.17 bits per heavy atom. The zero-order chi connectivity index (χ0) is 16.1. The number of amides is 1. The number of rotatable bonds is 6. The van der Waals surface area contributed by atoms with Crippen LogP contribution in [-0.2, 0) is 17.8 Å². The Labute approximate surface area is 146 Å². The first-order valence-corrected chi connectivity index (χ1v) is 9.83. The molecule has 1 aromatic heterocycles. The standard InChI is InChI=1S/C18H22N2OS2/c1-14(20-9-7-17-15(12-20)8-10-22-17)11-19-18(21)13-23-16-5-3-2-4-6-16/h2-6,8,10,14H,7,9,11-13H2,1H3,(H,19,21)/t14-/m0/s1. The minimum atomic E-state index is 0.110. The van der Waals surface area contributed by atoms with Gasteiger partial charge in [-0.2, -0.15) is 0 Å². The van der Waals surface area contributed by atoms with E-state index in [1.807, 2.05) is 41.7 Å². The number of benzene rings is 1. The molecular formula is C18H22N2OS2. The lowest BCUT2D eigenvalue weighted by atomic mass is 10.1. The number of thiophene rings is 1. The predicted octanol–water partition coefficient (Wildman–Crippen LogP) is 3.40. The van der Waals surface area contributed by atoms with E-state index in [0.717, 1.165) is 24.4 Å². The molecule has 0 spiro atoms. The molecule has 0 radical (unpaired) electrons. The van der Waals surface area contributed by atoms with Gasteiger partial charge in [0.1, 0.15) is 0 Å². The second kappa shape index (κ2) is 7.99. The van der Waals surface area contributed by atoms with Crippen molar-refractivity contribution in [2.75, 3.05) is 18.8 Å². The van der Waals surface area contributed by atoms with Crippen molar-refractivity contribution >= 4 is 29.0 Å². The molecule has 0 bridgehead atoms. The molecule has 2 aromatic rings. The average molecular weight is 347 g/mol. The van der Waals surface area contributed by atoms with Crippen molar-refractivity contribution in [1.82, 2.24) is 10.2 Å². The molecule has 1 aliphatic rings. The molecule has 0 fully saturated rings. The summed E-state index contributed by atoms with van der Waals surface area (Å²) >= 11 is 3.45. The summed E-state index contributed by atoms with van der Waals surface area (Å²) in [5.74, 6) is 0.588. The van der Waals surface area contributed by atoms with Crippen LogP contribution in [0.5, 0.6) is 0 Å². The van der Waals surface area contributed by atoms with E-state index in [1.165, 1.54) is 10.4 Å². The molecule has 0 aliphatic carbocycles. The third-order valence-electron chi connectivity index (χ3n) is 4.17. The summed E-state index contributed by atoms with van der Waals surface area (Å²) in [5, 5.41) is 5.25. The molecule has 23 heavy (non-hydrogen) atoms. The number of thioether (sulfide) groups is 1. The van der Waals surface area contributed by atoms with Crippen molar-refractivity contribution in [3.05, 3.63) is 52.2 Å². The smallest absolute Gasteiger partial charge is 0.230 e. The average Bonchev–Trinajstić information content (AvgIpc) is 3.06. The first-order chi connectivity index (χ1) is 11.2. The van der Waals surface area contributed by atoms with E-state index in [9.17, 15) is 4.79 Å².